The van der Waals surface area contributed by atoms with Crippen LogP contribution in [-0.4, -0.2) is 23.4 Å². The molecule has 0 fully saturated rings. The summed E-state index contributed by atoms with van der Waals surface area (Å²) in [7, 11) is 0. The van der Waals surface area contributed by atoms with Gasteiger partial charge in [0, 0.05) is 13.2 Å². The number of aliphatic hydroxyl groups excluding tert-OH is 2. The molecule has 2 rings (SSSR count). The normalized spacial score (nSPS) is 13.2. The average Bonchev–Trinajstić information content (AvgIpc) is 3.27. The largest absolute Gasteiger partial charge is 2.00 e. The third-order valence-electron chi connectivity index (χ3n) is 3.13. The van der Waals surface area contributed by atoms with Gasteiger partial charge < -0.3 is 10.2 Å². The first kappa shape index (κ1) is 29.5. The molecule has 0 saturated heterocycles. The van der Waals surface area contributed by atoms with E-state index in [9.17, 15) is 0 Å². The van der Waals surface area contributed by atoms with Crippen molar-refractivity contribution < 1.29 is 36.4 Å². The third kappa shape index (κ3) is 23.8. The fraction of sp³-hybridized carbons (Fsp3) is 0.636. The minimum Gasteiger partial charge on any atom is -0.397 e. The average molecular weight is 426 g/mol. The van der Waals surface area contributed by atoms with Gasteiger partial charge in [0.15, 0.2) is 0 Å². The van der Waals surface area contributed by atoms with Crippen molar-refractivity contribution in [2.24, 2.45) is 0 Å². The topological polar surface area (TPSA) is 40.5 Å². The number of aliphatic hydroxyl groups is 2. The molecule has 25 heavy (non-hydrogen) atoms. The van der Waals surface area contributed by atoms with E-state index in [1.54, 1.807) is 13.8 Å². The fourth-order valence-electron chi connectivity index (χ4n) is 1.98. The zero-order valence-electron chi connectivity index (χ0n) is 16.8. The van der Waals surface area contributed by atoms with Gasteiger partial charge in [-0.25, -0.2) is 23.3 Å². The van der Waals surface area contributed by atoms with Crippen molar-refractivity contribution >= 4 is 0 Å². The number of hydrogen-bond acceptors (Lipinski definition) is 2. The van der Waals surface area contributed by atoms with Gasteiger partial charge in [-0.1, -0.05) is 52.4 Å². The smallest absolute Gasteiger partial charge is 0.397 e. The van der Waals surface area contributed by atoms with Crippen LogP contribution >= 0.6 is 0 Å². The van der Waals surface area contributed by atoms with Gasteiger partial charge in [0.1, 0.15) is 0 Å². The van der Waals surface area contributed by atoms with E-state index < -0.39 is 0 Å². The Labute approximate surface area is 175 Å². The minimum absolute atomic E-state index is 0. The van der Waals surface area contributed by atoms with Crippen molar-refractivity contribution in [2.45, 2.75) is 79.1 Å². The standard InChI is InChI=1S/2C9H13.2C2H6O.Zr/c2*1-2-3-6-9-7-4-5-8-9;2*1-2-3;/h2*4,7H,2-3,5-6H2,1H3;2*3H,2H2,1H3;/q2*-1;;;+2. The predicted octanol–water partition coefficient (Wildman–Crippen LogP) is 5.73. The summed E-state index contributed by atoms with van der Waals surface area (Å²) in [4.78, 5) is 0. The van der Waals surface area contributed by atoms with Crippen molar-refractivity contribution in [3.8, 4) is 0 Å². The van der Waals surface area contributed by atoms with Gasteiger partial charge in [0.05, 0.1) is 0 Å². The fourth-order valence-corrected chi connectivity index (χ4v) is 1.98. The monoisotopic (exact) mass is 424 g/mol. The molecule has 2 aliphatic carbocycles. The Morgan fingerprint density at radius 2 is 1.08 bits per heavy atom. The molecule has 0 saturated carbocycles. The van der Waals surface area contributed by atoms with Crippen LogP contribution in [0, 0.1) is 12.2 Å². The summed E-state index contributed by atoms with van der Waals surface area (Å²) >= 11 is 0. The summed E-state index contributed by atoms with van der Waals surface area (Å²) in [5.74, 6) is 0. The molecular formula is C22H38O2Zr. The molecule has 0 amide bonds. The van der Waals surface area contributed by atoms with Crippen LogP contribution in [0.25, 0.3) is 0 Å². The molecule has 2 nitrogen and oxygen atoms in total. The van der Waals surface area contributed by atoms with Gasteiger partial charge in [-0.15, -0.1) is 12.8 Å². The molecule has 3 heteroatoms. The number of allylic oxidation sites excluding steroid dienone is 8. The molecule has 2 aliphatic rings. The Morgan fingerprint density at radius 1 is 0.760 bits per heavy atom. The molecule has 0 aromatic carbocycles. The summed E-state index contributed by atoms with van der Waals surface area (Å²) in [6.45, 7) is 8.30. The van der Waals surface area contributed by atoms with Crippen LogP contribution in [0.1, 0.15) is 79.1 Å². The van der Waals surface area contributed by atoms with Crippen molar-refractivity contribution in [3.63, 3.8) is 0 Å². The zero-order chi connectivity index (χ0) is 18.5. The van der Waals surface area contributed by atoms with Crippen molar-refractivity contribution in [2.75, 3.05) is 13.2 Å². The second kappa shape index (κ2) is 26.0. The SMILES string of the molecule is CCCCC1=[C-]CC=C1.CCCCC1=[C-]CC=C1.CCO.CCO.[Zr+2]. The first-order valence-electron chi connectivity index (χ1n) is 9.44. The molecule has 142 valence electrons. The molecule has 0 aliphatic heterocycles. The van der Waals surface area contributed by atoms with Crippen LogP contribution in [0.15, 0.2) is 35.5 Å². The maximum atomic E-state index is 7.57. The third-order valence-corrected chi connectivity index (χ3v) is 3.13. The minimum atomic E-state index is 0. The molecule has 0 spiro atoms. The van der Waals surface area contributed by atoms with E-state index in [1.165, 1.54) is 49.7 Å². The van der Waals surface area contributed by atoms with Crippen LogP contribution < -0.4 is 0 Å². The van der Waals surface area contributed by atoms with Crippen LogP contribution in [0.2, 0.25) is 0 Å². The molecular weight excluding hydrogens is 387 g/mol. The van der Waals surface area contributed by atoms with Gasteiger partial charge in [-0.3, -0.25) is 12.2 Å². The first-order chi connectivity index (χ1) is 11.7. The van der Waals surface area contributed by atoms with E-state index in [0.717, 1.165) is 12.8 Å². The van der Waals surface area contributed by atoms with Crippen molar-refractivity contribution in [3.05, 3.63) is 47.6 Å². The van der Waals surface area contributed by atoms with Crippen LogP contribution in [-0.2, 0) is 26.2 Å². The van der Waals surface area contributed by atoms with Gasteiger partial charge in [-0.05, 0) is 13.8 Å². The summed E-state index contributed by atoms with van der Waals surface area (Å²) in [5.41, 5.74) is 2.83. The maximum Gasteiger partial charge on any atom is 2.00 e. The Hall–Kier alpha value is -0.237. The van der Waals surface area contributed by atoms with Crippen molar-refractivity contribution in [1.29, 1.82) is 0 Å². The van der Waals surface area contributed by atoms with Crippen LogP contribution in [0.3, 0.4) is 0 Å². The Balaban J connectivity index is -0.000000287. The van der Waals surface area contributed by atoms with Gasteiger partial charge in [0.25, 0.3) is 0 Å². The number of hydrogen-bond donors (Lipinski definition) is 2. The van der Waals surface area contributed by atoms with Gasteiger partial charge in [-0.2, -0.15) is 12.2 Å². The molecule has 0 unspecified atom stereocenters. The van der Waals surface area contributed by atoms with Gasteiger partial charge >= 0.3 is 26.2 Å². The number of unbranched alkanes of at least 4 members (excludes halogenated alkanes) is 2. The van der Waals surface area contributed by atoms with E-state index in [2.05, 4.69) is 50.3 Å². The Morgan fingerprint density at radius 3 is 1.28 bits per heavy atom. The van der Waals surface area contributed by atoms with E-state index >= 15 is 0 Å². The molecule has 0 aromatic heterocycles. The Bertz CT molecular complexity index is 332. The quantitative estimate of drug-likeness (QED) is 0.534. The van der Waals surface area contributed by atoms with E-state index in [1.807, 2.05) is 0 Å². The van der Waals surface area contributed by atoms with E-state index in [0.29, 0.717) is 0 Å². The first-order valence-corrected chi connectivity index (χ1v) is 9.44. The summed E-state index contributed by atoms with van der Waals surface area (Å²) in [6, 6.07) is 0. The Kier molecular flexibility index (Phi) is 30.7. The molecule has 0 bridgehead atoms. The summed E-state index contributed by atoms with van der Waals surface area (Å²) in [6.07, 6.45) is 25.1. The predicted molar refractivity (Wildman–Crippen MR) is 106 cm³/mol. The molecule has 2 N–H and O–H groups in total. The second-order valence-corrected chi connectivity index (χ2v) is 5.46. The van der Waals surface area contributed by atoms with Gasteiger partial charge in [0.2, 0.25) is 0 Å². The van der Waals surface area contributed by atoms with Crippen LogP contribution in [0.5, 0.6) is 0 Å². The maximum absolute atomic E-state index is 7.57. The van der Waals surface area contributed by atoms with E-state index in [4.69, 9.17) is 10.2 Å². The molecule has 0 aromatic rings. The summed E-state index contributed by atoms with van der Waals surface area (Å²) in [5, 5.41) is 15.1. The van der Waals surface area contributed by atoms with Crippen molar-refractivity contribution in [1.82, 2.24) is 0 Å². The molecule has 0 radical (unpaired) electrons. The summed E-state index contributed by atoms with van der Waals surface area (Å²) < 4.78 is 0. The number of rotatable bonds is 6. The second-order valence-electron chi connectivity index (χ2n) is 5.46. The van der Waals surface area contributed by atoms with Crippen LogP contribution in [0.4, 0.5) is 0 Å². The van der Waals surface area contributed by atoms with E-state index in [-0.39, 0.29) is 39.4 Å². The molecule has 0 heterocycles. The zero-order valence-corrected chi connectivity index (χ0v) is 19.2. The molecule has 0 atom stereocenters.